The van der Waals surface area contributed by atoms with E-state index < -0.39 is 0 Å². The number of benzene rings is 7. The maximum Gasteiger partial charge on any atom is 0.178 e. The van der Waals surface area contributed by atoms with E-state index in [0.29, 0.717) is 0 Å². The first-order valence-electron chi connectivity index (χ1n) is 16.0. The molecule has 46 heavy (non-hydrogen) atoms. The molecule has 0 amide bonds. The molecule has 2 heterocycles. The van der Waals surface area contributed by atoms with Crippen molar-refractivity contribution in [3.63, 3.8) is 0 Å². The highest BCUT2D eigenvalue weighted by atomic mass is 16.4. The summed E-state index contributed by atoms with van der Waals surface area (Å²) in [5, 5.41) is 6.92. The van der Waals surface area contributed by atoms with Crippen molar-refractivity contribution < 1.29 is 8.83 Å². The summed E-state index contributed by atoms with van der Waals surface area (Å²) in [7, 11) is 0. The van der Waals surface area contributed by atoms with E-state index in [2.05, 4.69) is 133 Å². The number of furan rings is 2. The van der Waals surface area contributed by atoms with Gasteiger partial charge in [-0.1, -0.05) is 115 Å². The summed E-state index contributed by atoms with van der Waals surface area (Å²) in [6, 6.07) is 47.8. The van der Waals surface area contributed by atoms with Crippen LogP contribution in [0.3, 0.4) is 0 Å². The van der Waals surface area contributed by atoms with Crippen LogP contribution in [0.4, 0.5) is 0 Å². The lowest BCUT2D eigenvalue weighted by Gasteiger charge is -2.25. The third-order valence-corrected chi connectivity index (χ3v) is 9.76. The fourth-order valence-electron chi connectivity index (χ4n) is 7.75. The maximum absolute atomic E-state index is 6.51. The van der Waals surface area contributed by atoms with Crippen molar-refractivity contribution >= 4 is 60.7 Å². The van der Waals surface area contributed by atoms with Gasteiger partial charge < -0.3 is 8.83 Å². The molecule has 0 aliphatic heterocycles. The minimum absolute atomic E-state index is 0.806. The Morgan fingerprint density at radius 1 is 0.435 bits per heavy atom. The second-order valence-electron chi connectivity index (χ2n) is 12.3. The van der Waals surface area contributed by atoms with Crippen LogP contribution in [-0.4, -0.2) is 0 Å². The van der Waals surface area contributed by atoms with E-state index in [1.807, 2.05) is 12.1 Å². The SMILES string of the molecule is C1=Cc2c(c(-c3ccccc3-c3ccccc3)c3ccccc3c2-c2ccc3oc4c(ccc5c6ccccc6oc54)c3c2)CC1. The zero-order valence-electron chi connectivity index (χ0n) is 25.1. The molecule has 0 fully saturated rings. The number of hydrogen-bond acceptors (Lipinski definition) is 2. The Morgan fingerprint density at radius 3 is 1.87 bits per heavy atom. The number of para-hydroxylation sites is 1. The third-order valence-electron chi connectivity index (χ3n) is 9.76. The van der Waals surface area contributed by atoms with Gasteiger partial charge in [0.15, 0.2) is 11.2 Å². The molecule has 0 saturated heterocycles. The van der Waals surface area contributed by atoms with Crippen LogP contribution < -0.4 is 0 Å². The highest BCUT2D eigenvalue weighted by molar-refractivity contribution is 6.20. The van der Waals surface area contributed by atoms with Crippen molar-refractivity contribution in [2.75, 3.05) is 0 Å². The molecule has 0 atom stereocenters. The molecule has 0 radical (unpaired) electrons. The van der Waals surface area contributed by atoms with Crippen LogP contribution in [0.15, 0.2) is 148 Å². The van der Waals surface area contributed by atoms with Crippen molar-refractivity contribution in [3.05, 3.63) is 151 Å². The van der Waals surface area contributed by atoms with Crippen LogP contribution in [0, 0.1) is 0 Å². The van der Waals surface area contributed by atoms with Crippen molar-refractivity contribution in [2.24, 2.45) is 0 Å². The lowest BCUT2D eigenvalue weighted by molar-refractivity contribution is 0.633. The normalized spacial score (nSPS) is 13.0. The number of allylic oxidation sites excluding steroid dienone is 1. The van der Waals surface area contributed by atoms with Gasteiger partial charge >= 0.3 is 0 Å². The third kappa shape index (κ3) is 3.64. The van der Waals surface area contributed by atoms with Crippen LogP contribution in [-0.2, 0) is 6.42 Å². The molecule has 0 N–H and O–H groups in total. The van der Waals surface area contributed by atoms with Crippen molar-refractivity contribution in [2.45, 2.75) is 12.8 Å². The predicted octanol–water partition coefficient (Wildman–Crippen LogP) is 12.6. The molecular formula is C44H28O2. The Balaban J connectivity index is 1.25. The molecule has 1 aliphatic rings. The van der Waals surface area contributed by atoms with E-state index in [0.717, 1.165) is 56.7 Å². The predicted molar refractivity (Wildman–Crippen MR) is 192 cm³/mol. The summed E-state index contributed by atoms with van der Waals surface area (Å²) in [5.41, 5.74) is 13.7. The van der Waals surface area contributed by atoms with Gasteiger partial charge in [-0.05, 0) is 98.5 Å². The fourth-order valence-corrected chi connectivity index (χ4v) is 7.75. The average molecular weight is 589 g/mol. The lowest BCUT2D eigenvalue weighted by Crippen LogP contribution is -2.03. The first kappa shape index (κ1) is 25.5. The van der Waals surface area contributed by atoms with Gasteiger partial charge in [-0.15, -0.1) is 0 Å². The summed E-state index contributed by atoms with van der Waals surface area (Å²) >= 11 is 0. The number of rotatable bonds is 3. The molecule has 2 aromatic heterocycles. The summed E-state index contributed by atoms with van der Waals surface area (Å²) in [6.07, 6.45) is 6.72. The minimum Gasteiger partial charge on any atom is -0.452 e. The molecule has 2 heteroatoms. The zero-order chi connectivity index (χ0) is 30.2. The Bertz CT molecular complexity index is 2680. The molecule has 0 bridgehead atoms. The van der Waals surface area contributed by atoms with Crippen LogP contribution >= 0.6 is 0 Å². The van der Waals surface area contributed by atoms with E-state index >= 15 is 0 Å². The van der Waals surface area contributed by atoms with Crippen LogP contribution in [0.1, 0.15) is 17.5 Å². The summed E-state index contributed by atoms with van der Waals surface area (Å²) in [4.78, 5) is 0. The monoisotopic (exact) mass is 588 g/mol. The Kier molecular flexibility index (Phi) is 5.44. The van der Waals surface area contributed by atoms with E-state index in [1.165, 1.54) is 55.3 Å². The molecule has 10 rings (SSSR count). The molecule has 2 nitrogen and oxygen atoms in total. The van der Waals surface area contributed by atoms with Gasteiger partial charge in [-0.2, -0.15) is 0 Å². The summed E-state index contributed by atoms with van der Waals surface area (Å²) in [6.45, 7) is 0. The average Bonchev–Trinajstić information content (AvgIpc) is 3.69. The van der Waals surface area contributed by atoms with Gasteiger partial charge in [0.05, 0.1) is 0 Å². The summed E-state index contributed by atoms with van der Waals surface area (Å²) in [5.74, 6) is 0. The van der Waals surface area contributed by atoms with Crippen molar-refractivity contribution in [1.29, 1.82) is 0 Å². The van der Waals surface area contributed by atoms with Crippen LogP contribution in [0.2, 0.25) is 0 Å². The quantitative estimate of drug-likeness (QED) is 0.205. The number of fused-ring (bicyclic) bond motifs is 9. The van der Waals surface area contributed by atoms with Gasteiger partial charge in [-0.25, -0.2) is 0 Å². The largest absolute Gasteiger partial charge is 0.452 e. The molecule has 7 aromatic carbocycles. The minimum atomic E-state index is 0.806. The molecule has 0 spiro atoms. The van der Waals surface area contributed by atoms with Crippen molar-refractivity contribution in [3.8, 4) is 33.4 Å². The maximum atomic E-state index is 6.51. The molecule has 0 saturated carbocycles. The van der Waals surface area contributed by atoms with Crippen molar-refractivity contribution in [1.82, 2.24) is 0 Å². The molecule has 0 unspecified atom stereocenters. The van der Waals surface area contributed by atoms with E-state index in [-0.39, 0.29) is 0 Å². The van der Waals surface area contributed by atoms with Gasteiger partial charge in [0.25, 0.3) is 0 Å². The van der Waals surface area contributed by atoms with E-state index in [1.54, 1.807) is 0 Å². The Morgan fingerprint density at radius 2 is 1.07 bits per heavy atom. The molecule has 1 aliphatic carbocycles. The van der Waals surface area contributed by atoms with Crippen LogP contribution in [0.5, 0.6) is 0 Å². The lowest BCUT2D eigenvalue weighted by atomic mass is 9.79. The molecule has 9 aromatic rings. The zero-order valence-corrected chi connectivity index (χ0v) is 25.1. The highest BCUT2D eigenvalue weighted by Gasteiger charge is 2.24. The highest BCUT2D eigenvalue weighted by Crippen LogP contribution is 2.48. The smallest absolute Gasteiger partial charge is 0.178 e. The first-order chi connectivity index (χ1) is 22.8. The van der Waals surface area contributed by atoms with Gasteiger partial charge in [0.1, 0.15) is 11.2 Å². The summed E-state index contributed by atoms with van der Waals surface area (Å²) < 4.78 is 12.8. The Hall–Kier alpha value is -5.86. The second kappa shape index (κ2) is 9.82. The standard InChI is InChI=1S/C44H28O2/c1-2-12-27(13-3-1)29-14-4-5-16-31(29)42-34-19-8-6-17-32(34)41(33-18-7-9-20-35(33)42)28-22-25-40-38(26-28)37-24-23-36-30-15-10-11-21-39(30)45-43(36)44(37)46-40/h1-8,10-19,21-26H,9,20H2. The fraction of sp³-hybridized carbons (Fsp3) is 0.0455. The van der Waals surface area contributed by atoms with E-state index in [4.69, 9.17) is 8.83 Å². The Labute approximate surface area is 265 Å². The molecule has 216 valence electrons. The molecular weight excluding hydrogens is 560 g/mol. The van der Waals surface area contributed by atoms with Gasteiger partial charge in [0, 0.05) is 21.5 Å². The topological polar surface area (TPSA) is 26.3 Å². The van der Waals surface area contributed by atoms with E-state index in [9.17, 15) is 0 Å². The van der Waals surface area contributed by atoms with Gasteiger partial charge in [-0.3, -0.25) is 0 Å². The van der Waals surface area contributed by atoms with Crippen LogP contribution in [0.25, 0.3) is 94.1 Å². The van der Waals surface area contributed by atoms with Gasteiger partial charge in [0.2, 0.25) is 0 Å². The number of hydrogen-bond donors (Lipinski definition) is 0. The second-order valence-corrected chi connectivity index (χ2v) is 12.3. The first-order valence-corrected chi connectivity index (χ1v) is 16.0.